The minimum atomic E-state index is -0.313. The molecule has 3 aromatic rings. The standard InChI is InChI=1S/C30H36N4O3/c1-3-37-28(35)9-5-8-18-34-26-15-14-24(32-29(36)30(2)16-6-4-7-17-30)20-25(26)33-27(34)19-22-10-12-23(21-31)13-11-22/h10-15,20H,3-9,16-19H2,1-2H3,(H,32,36). The Hall–Kier alpha value is -3.66. The molecule has 1 heterocycles. The van der Waals surface area contributed by atoms with Gasteiger partial charge in [-0.2, -0.15) is 5.26 Å². The number of aromatic nitrogens is 2. The molecule has 0 atom stereocenters. The van der Waals surface area contributed by atoms with E-state index in [1.165, 1.54) is 6.42 Å². The molecule has 1 aliphatic rings. The zero-order valence-corrected chi connectivity index (χ0v) is 21.9. The molecule has 2 aromatic carbocycles. The second kappa shape index (κ2) is 12.1. The Labute approximate surface area is 218 Å². The highest BCUT2D eigenvalue weighted by atomic mass is 16.5. The fraction of sp³-hybridized carbons (Fsp3) is 0.467. The largest absolute Gasteiger partial charge is 0.466 e. The number of ether oxygens (including phenoxy) is 1. The lowest BCUT2D eigenvalue weighted by Gasteiger charge is -2.32. The Balaban J connectivity index is 1.55. The number of esters is 1. The van der Waals surface area contributed by atoms with Crippen LogP contribution in [-0.2, 0) is 27.3 Å². The molecule has 1 aromatic heterocycles. The van der Waals surface area contributed by atoms with Crippen molar-refractivity contribution in [1.82, 2.24) is 9.55 Å². The van der Waals surface area contributed by atoms with Crippen LogP contribution in [0.4, 0.5) is 5.69 Å². The summed E-state index contributed by atoms with van der Waals surface area (Å²) in [7, 11) is 0. The number of unbranched alkanes of at least 4 members (excludes halogenated alkanes) is 1. The second-order valence-electron chi connectivity index (χ2n) is 10.2. The van der Waals surface area contributed by atoms with E-state index in [9.17, 15) is 9.59 Å². The molecule has 1 saturated carbocycles. The van der Waals surface area contributed by atoms with Crippen molar-refractivity contribution in [2.24, 2.45) is 5.41 Å². The van der Waals surface area contributed by atoms with Gasteiger partial charge in [0.05, 0.1) is 29.3 Å². The Kier molecular flexibility index (Phi) is 8.60. The summed E-state index contributed by atoms with van der Waals surface area (Å²) in [5, 5.41) is 12.3. The monoisotopic (exact) mass is 500 g/mol. The van der Waals surface area contributed by atoms with Crippen LogP contribution in [0.25, 0.3) is 11.0 Å². The molecular weight excluding hydrogens is 464 g/mol. The minimum absolute atomic E-state index is 0.0859. The fourth-order valence-corrected chi connectivity index (χ4v) is 5.14. The van der Waals surface area contributed by atoms with E-state index < -0.39 is 0 Å². The molecule has 7 heteroatoms. The highest BCUT2D eigenvalue weighted by Crippen LogP contribution is 2.37. The lowest BCUT2D eigenvalue weighted by atomic mass is 9.75. The molecule has 1 N–H and O–H groups in total. The highest BCUT2D eigenvalue weighted by molar-refractivity contribution is 5.96. The number of aryl methyl sites for hydroxylation is 1. The Bertz CT molecular complexity index is 1280. The second-order valence-corrected chi connectivity index (χ2v) is 10.2. The molecule has 0 bridgehead atoms. The van der Waals surface area contributed by atoms with Crippen LogP contribution in [0.3, 0.4) is 0 Å². The number of nitrogens with zero attached hydrogens (tertiary/aromatic N) is 3. The number of carbonyl (C=O) groups is 2. The van der Waals surface area contributed by atoms with Crippen LogP contribution < -0.4 is 5.32 Å². The molecule has 7 nitrogen and oxygen atoms in total. The summed E-state index contributed by atoms with van der Waals surface area (Å²) in [6, 6.07) is 15.6. The number of hydrogen-bond donors (Lipinski definition) is 1. The van der Waals surface area contributed by atoms with E-state index in [1.54, 1.807) is 0 Å². The van der Waals surface area contributed by atoms with Crippen LogP contribution in [0.5, 0.6) is 0 Å². The van der Waals surface area contributed by atoms with Crippen molar-refractivity contribution in [3.8, 4) is 6.07 Å². The van der Waals surface area contributed by atoms with E-state index >= 15 is 0 Å². The topological polar surface area (TPSA) is 97.0 Å². The third kappa shape index (κ3) is 6.56. The maximum Gasteiger partial charge on any atom is 0.305 e. The third-order valence-corrected chi connectivity index (χ3v) is 7.35. The van der Waals surface area contributed by atoms with Crippen molar-refractivity contribution in [3.05, 3.63) is 59.4 Å². The predicted molar refractivity (Wildman–Crippen MR) is 144 cm³/mol. The van der Waals surface area contributed by atoms with Crippen molar-refractivity contribution in [2.45, 2.75) is 78.2 Å². The van der Waals surface area contributed by atoms with Crippen LogP contribution >= 0.6 is 0 Å². The molecule has 0 saturated heterocycles. The van der Waals surface area contributed by atoms with Crippen LogP contribution in [-0.4, -0.2) is 28.0 Å². The smallest absolute Gasteiger partial charge is 0.305 e. The first kappa shape index (κ1) is 26.4. The van der Waals surface area contributed by atoms with Crippen LogP contribution in [0.2, 0.25) is 0 Å². The number of imidazole rings is 1. The number of benzene rings is 2. The summed E-state index contributed by atoms with van der Waals surface area (Å²) in [5.41, 5.74) is 3.99. The van der Waals surface area contributed by atoms with E-state index in [1.807, 2.05) is 49.4 Å². The van der Waals surface area contributed by atoms with Crippen molar-refractivity contribution < 1.29 is 14.3 Å². The van der Waals surface area contributed by atoms with E-state index in [-0.39, 0.29) is 17.3 Å². The van der Waals surface area contributed by atoms with Gasteiger partial charge in [0.1, 0.15) is 5.82 Å². The summed E-state index contributed by atoms with van der Waals surface area (Å²) in [6.45, 7) is 5.01. The van der Waals surface area contributed by atoms with Gasteiger partial charge in [-0.15, -0.1) is 0 Å². The predicted octanol–water partition coefficient (Wildman–Crippen LogP) is 6.14. The number of anilines is 1. The summed E-state index contributed by atoms with van der Waals surface area (Å²) in [6.07, 6.45) is 7.84. The van der Waals surface area contributed by atoms with Gasteiger partial charge in [0.25, 0.3) is 0 Å². The first-order chi connectivity index (χ1) is 17.9. The average Bonchev–Trinajstić information content (AvgIpc) is 3.23. The van der Waals surface area contributed by atoms with Crippen LogP contribution in [0.1, 0.15) is 82.2 Å². The number of nitrogens with one attached hydrogen (secondary N) is 1. The number of hydrogen-bond acceptors (Lipinski definition) is 5. The summed E-state index contributed by atoms with van der Waals surface area (Å²) < 4.78 is 7.25. The maximum absolute atomic E-state index is 13.1. The Morgan fingerprint density at radius 2 is 1.86 bits per heavy atom. The zero-order valence-electron chi connectivity index (χ0n) is 21.9. The molecule has 0 unspecified atom stereocenters. The first-order valence-corrected chi connectivity index (χ1v) is 13.4. The molecule has 1 fully saturated rings. The number of amides is 1. The van der Waals surface area contributed by atoms with E-state index in [2.05, 4.69) is 22.9 Å². The van der Waals surface area contributed by atoms with Crippen molar-refractivity contribution >= 4 is 28.6 Å². The number of fused-ring (bicyclic) bond motifs is 1. The number of nitriles is 1. The van der Waals surface area contributed by atoms with Gasteiger partial charge < -0.3 is 14.6 Å². The van der Waals surface area contributed by atoms with Gasteiger partial charge in [0, 0.05) is 30.5 Å². The SMILES string of the molecule is CCOC(=O)CCCCn1c(Cc2ccc(C#N)cc2)nc2cc(NC(=O)C3(C)CCCCC3)ccc21. The zero-order chi connectivity index (χ0) is 26.3. The van der Waals surface area contributed by atoms with E-state index in [0.717, 1.165) is 73.2 Å². The molecule has 4 rings (SSSR count). The molecular formula is C30H36N4O3. The lowest BCUT2D eigenvalue weighted by molar-refractivity contribution is -0.143. The van der Waals surface area contributed by atoms with Gasteiger partial charge in [-0.05, 0) is 68.5 Å². The molecule has 0 aliphatic heterocycles. The summed E-state index contributed by atoms with van der Waals surface area (Å²) in [5.74, 6) is 0.837. The molecule has 0 spiro atoms. The average molecular weight is 501 g/mol. The van der Waals surface area contributed by atoms with Crippen LogP contribution in [0.15, 0.2) is 42.5 Å². The Morgan fingerprint density at radius 1 is 1.11 bits per heavy atom. The third-order valence-electron chi connectivity index (χ3n) is 7.35. The summed E-state index contributed by atoms with van der Waals surface area (Å²) >= 11 is 0. The van der Waals surface area contributed by atoms with E-state index in [4.69, 9.17) is 15.0 Å². The number of carbonyl (C=O) groups excluding carboxylic acids is 2. The highest BCUT2D eigenvalue weighted by Gasteiger charge is 2.34. The van der Waals surface area contributed by atoms with Gasteiger partial charge >= 0.3 is 5.97 Å². The quantitative estimate of drug-likeness (QED) is 0.266. The normalized spacial score (nSPS) is 14.7. The fourth-order valence-electron chi connectivity index (χ4n) is 5.14. The van der Waals surface area contributed by atoms with Crippen molar-refractivity contribution in [2.75, 3.05) is 11.9 Å². The van der Waals surface area contributed by atoms with Gasteiger partial charge in [-0.1, -0.05) is 38.3 Å². The molecule has 37 heavy (non-hydrogen) atoms. The molecule has 1 amide bonds. The lowest BCUT2D eigenvalue weighted by Crippen LogP contribution is -2.35. The molecule has 194 valence electrons. The van der Waals surface area contributed by atoms with Gasteiger partial charge in [-0.3, -0.25) is 9.59 Å². The molecule has 0 radical (unpaired) electrons. The minimum Gasteiger partial charge on any atom is -0.466 e. The van der Waals surface area contributed by atoms with E-state index in [0.29, 0.717) is 25.0 Å². The molecule has 1 aliphatic carbocycles. The maximum atomic E-state index is 13.1. The number of rotatable bonds is 10. The Morgan fingerprint density at radius 3 is 2.57 bits per heavy atom. The van der Waals surface area contributed by atoms with Gasteiger partial charge in [0.15, 0.2) is 0 Å². The van der Waals surface area contributed by atoms with Crippen molar-refractivity contribution in [1.29, 1.82) is 5.26 Å². The van der Waals surface area contributed by atoms with Crippen molar-refractivity contribution in [3.63, 3.8) is 0 Å². The van der Waals surface area contributed by atoms with Gasteiger partial charge in [0.2, 0.25) is 5.91 Å². The summed E-state index contributed by atoms with van der Waals surface area (Å²) in [4.78, 5) is 29.8. The van der Waals surface area contributed by atoms with Crippen LogP contribution in [0, 0.1) is 16.7 Å². The first-order valence-electron chi connectivity index (χ1n) is 13.4. The van der Waals surface area contributed by atoms with Gasteiger partial charge in [-0.25, -0.2) is 4.98 Å².